The van der Waals surface area contributed by atoms with Gasteiger partial charge in [-0.05, 0) is 6.42 Å². The summed E-state index contributed by atoms with van der Waals surface area (Å²) in [6, 6.07) is 0. The Hall–Kier alpha value is -0.570. The lowest BCUT2D eigenvalue weighted by Crippen LogP contribution is -2.43. The molecule has 0 aromatic rings. The molecule has 0 spiro atoms. The van der Waals surface area contributed by atoms with E-state index >= 15 is 0 Å². The molecule has 0 atom stereocenters. The van der Waals surface area contributed by atoms with Crippen molar-refractivity contribution in [2.75, 3.05) is 26.8 Å². The number of hydrogen-bond donors (Lipinski definition) is 0. The molecule has 3 heteroatoms. The third-order valence-corrected chi connectivity index (χ3v) is 2.21. The van der Waals surface area contributed by atoms with Gasteiger partial charge in [0.2, 0.25) is 5.91 Å². The molecular weight excluding hydrogens is 154 g/mol. The lowest BCUT2D eigenvalue weighted by molar-refractivity contribution is -0.148. The van der Waals surface area contributed by atoms with Crippen molar-refractivity contribution in [3.05, 3.63) is 0 Å². The Kier molecular flexibility index (Phi) is 3.53. The molecule has 0 radical (unpaired) electrons. The summed E-state index contributed by atoms with van der Waals surface area (Å²) in [6.07, 6.45) is 2.23. The highest BCUT2D eigenvalue weighted by atomic mass is 16.5. The van der Waals surface area contributed by atoms with Crippen molar-refractivity contribution in [2.45, 2.75) is 19.8 Å². The summed E-state index contributed by atoms with van der Waals surface area (Å²) in [4.78, 5) is 13.3. The maximum absolute atomic E-state index is 11.5. The second kappa shape index (κ2) is 4.45. The third kappa shape index (κ3) is 2.21. The average molecular weight is 171 g/mol. The zero-order chi connectivity index (χ0) is 8.97. The molecule has 1 fully saturated rings. The van der Waals surface area contributed by atoms with Gasteiger partial charge in [0.15, 0.2) is 0 Å². The smallest absolute Gasteiger partial charge is 0.230 e. The molecule has 0 aromatic carbocycles. The van der Waals surface area contributed by atoms with E-state index in [0.29, 0.717) is 13.2 Å². The zero-order valence-corrected chi connectivity index (χ0v) is 7.88. The lowest BCUT2D eigenvalue weighted by atomic mass is 10.1. The molecule has 1 aliphatic rings. The van der Waals surface area contributed by atoms with Gasteiger partial charge in [0.1, 0.15) is 0 Å². The SMILES string of the molecule is CCCCN(C)C(=O)C1COC1. The topological polar surface area (TPSA) is 29.5 Å². The van der Waals surface area contributed by atoms with E-state index in [4.69, 9.17) is 4.74 Å². The predicted octanol–water partition coefficient (Wildman–Crippen LogP) is 0.891. The van der Waals surface area contributed by atoms with E-state index < -0.39 is 0 Å². The molecular formula is C9H17NO2. The average Bonchev–Trinajstić information content (AvgIpc) is 1.96. The quantitative estimate of drug-likeness (QED) is 0.628. The summed E-state index contributed by atoms with van der Waals surface area (Å²) in [5.41, 5.74) is 0. The summed E-state index contributed by atoms with van der Waals surface area (Å²) in [7, 11) is 1.87. The molecule has 1 amide bonds. The first-order chi connectivity index (χ1) is 5.75. The Morgan fingerprint density at radius 1 is 1.58 bits per heavy atom. The van der Waals surface area contributed by atoms with Gasteiger partial charge in [-0.15, -0.1) is 0 Å². The largest absolute Gasteiger partial charge is 0.380 e. The fourth-order valence-electron chi connectivity index (χ4n) is 1.20. The normalized spacial score (nSPS) is 17.2. The molecule has 70 valence electrons. The van der Waals surface area contributed by atoms with E-state index in [1.54, 1.807) is 0 Å². The van der Waals surface area contributed by atoms with E-state index in [1.165, 1.54) is 0 Å². The van der Waals surface area contributed by atoms with Gasteiger partial charge in [0.25, 0.3) is 0 Å². The van der Waals surface area contributed by atoms with E-state index in [0.717, 1.165) is 19.4 Å². The molecule has 1 rings (SSSR count). The fraction of sp³-hybridized carbons (Fsp3) is 0.889. The van der Waals surface area contributed by atoms with Gasteiger partial charge in [-0.1, -0.05) is 13.3 Å². The number of carbonyl (C=O) groups excluding carboxylic acids is 1. The van der Waals surface area contributed by atoms with Crippen molar-refractivity contribution in [3.8, 4) is 0 Å². The highest BCUT2D eigenvalue weighted by molar-refractivity contribution is 5.79. The number of rotatable bonds is 4. The van der Waals surface area contributed by atoms with Gasteiger partial charge in [-0.2, -0.15) is 0 Å². The first kappa shape index (κ1) is 9.52. The highest BCUT2D eigenvalue weighted by Gasteiger charge is 2.28. The molecule has 1 saturated heterocycles. The molecule has 3 nitrogen and oxygen atoms in total. The first-order valence-electron chi connectivity index (χ1n) is 4.58. The number of ether oxygens (including phenoxy) is 1. The van der Waals surface area contributed by atoms with Gasteiger partial charge in [-0.25, -0.2) is 0 Å². The van der Waals surface area contributed by atoms with Crippen LogP contribution in [0.5, 0.6) is 0 Å². The van der Waals surface area contributed by atoms with Crippen molar-refractivity contribution in [3.63, 3.8) is 0 Å². The van der Waals surface area contributed by atoms with Crippen molar-refractivity contribution in [1.82, 2.24) is 4.90 Å². The fourth-order valence-corrected chi connectivity index (χ4v) is 1.20. The van der Waals surface area contributed by atoms with Crippen LogP contribution >= 0.6 is 0 Å². The van der Waals surface area contributed by atoms with E-state index in [9.17, 15) is 4.79 Å². The summed E-state index contributed by atoms with van der Waals surface area (Å²) < 4.78 is 4.96. The van der Waals surface area contributed by atoms with E-state index in [2.05, 4.69) is 6.92 Å². The Labute approximate surface area is 73.7 Å². The Morgan fingerprint density at radius 3 is 2.67 bits per heavy atom. The molecule has 1 aliphatic heterocycles. The van der Waals surface area contributed by atoms with Gasteiger partial charge >= 0.3 is 0 Å². The first-order valence-corrected chi connectivity index (χ1v) is 4.58. The summed E-state index contributed by atoms with van der Waals surface area (Å²) in [5.74, 6) is 0.390. The maximum atomic E-state index is 11.5. The summed E-state index contributed by atoms with van der Waals surface area (Å²) >= 11 is 0. The van der Waals surface area contributed by atoms with Crippen LogP contribution in [0.3, 0.4) is 0 Å². The van der Waals surface area contributed by atoms with Gasteiger partial charge in [0.05, 0.1) is 19.1 Å². The monoisotopic (exact) mass is 171 g/mol. The van der Waals surface area contributed by atoms with Crippen LogP contribution in [0.25, 0.3) is 0 Å². The predicted molar refractivity (Wildman–Crippen MR) is 46.9 cm³/mol. The summed E-state index contributed by atoms with van der Waals surface area (Å²) in [6.45, 7) is 4.25. The standard InChI is InChI=1S/C9H17NO2/c1-3-4-5-10(2)9(11)8-6-12-7-8/h8H,3-7H2,1-2H3. The minimum absolute atomic E-state index is 0.145. The number of hydrogen-bond acceptors (Lipinski definition) is 2. The Morgan fingerprint density at radius 2 is 2.25 bits per heavy atom. The van der Waals surface area contributed by atoms with Gasteiger partial charge in [-0.3, -0.25) is 4.79 Å². The molecule has 0 aliphatic carbocycles. The second-order valence-corrected chi connectivity index (χ2v) is 3.35. The molecule has 0 saturated carbocycles. The van der Waals surface area contributed by atoms with Gasteiger partial charge < -0.3 is 9.64 Å². The van der Waals surface area contributed by atoms with Crippen molar-refractivity contribution in [2.24, 2.45) is 5.92 Å². The second-order valence-electron chi connectivity index (χ2n) is 3.35. The minimum atomic E-state index is 0.145. The number of unbranched alkanes of at least 4 members (excludes halogenated alkanes) is 1. The van der Waals surface area contributed by atoms with Gasteiger partial charge in [0, 0.05) is 13.6 Å². The van der Waals surface area contributed by atoms with E-state index in [1.807, 2.05) is 11.9 Å². The highest BCUT2D eigenvalue weighted by Crippen LogP contribution is 2.12. The maximum Gasteiger partial charge on any atom is 0.230 e. The number of carbonyl (C=O) groups is 1. The van der Waals surface area contributed by atoms with Crippen LogP contribution in [-0.4, -0.2) is 37.6 Å². The minimum Gasteiger partial charge on any atom is -0.380 e. The van der Waals surface area contributed by atoms with Crippen LogP contribution in [0, 0.1) is 5.92 Å². The molecule has 12 heavy (non-hydrogen) atoms. The molecule has 0 bridgehead atoms. The van der Waals surface area contributed by atoms with Crippen LogP contribution in [0.4, 0.5) is 0 Å². The Balaban J connectivity index is 2.20. The van der Waals surface area contributed by atoms with Crippen LogP contribution < -0.4 is 0 Å². The van der Waals surface area contributed by atoms with Crippen LogP contribution in [0.15, 0.2) is 0 Å². The lowest BCUT2D eigenvalue weighted by Gasteiger charge is -2.29. The molecule has 1 heterocycles. The molecule has 0 unspecified atom stereocenters. The zero-order valence-electron chi connectivity index (χ0n) is 7.88. The van der Waals surface area contributed by atoms with Crippen molar-refractivity contribution in [1.29, 1.82) is 0 Å². The van der Waals surface area contributed by atoms with Crippen LogP contribution in [0.1, 0.15) is 19.8 Å². The van der Waals surface area contributed by atoms with Crippen LogP contribution in [0.2, 0.25) is 0 Å². The Bertz CT molecular complexity index is 155. The molecule has 0 aromatic heterocycles. The van der Waals surface area contributed by atoms with Crippen molar-refractivity contribution < 1.29 is 9.53 Å². The van der Waals surface area contributed by atoms with Crippen LogP contribution in [-0.2, 0) is 9.53 Å². The molecule has 0 N–H and O–H groups in total. The number of amides is 1. The van der Waals surface area contributed by atoms with E-state index in [-0.39, 0.29) is 11.8 Å². The van der Waals surface area contributed by atoms with Crippen molar-refractivity contribution >= 4 is 5.91 Å². The third-order valence-electron chi connectivity index (χ3n) is 2.21. The number of nitrogens with zero attached hydrogens (tertiary/aromatic N) is 1. The summed E-state index contributed by atoms with van der Waals surface area (Å²) in [5, 5.41) is 0.